The second kappa shape index (κ2) is 13.8. The van der Waals surface area contributed by atoms with E-state index in [1.165, 1.54) is 44.6 Å². The molecule has 1 saturated carbocycles. The van der Waals surface area contributed by atoms with Gasteiger partial charge < -0.3 is 78.7 Å². The molecule has 17 nitrogen and oxygen atoms in total. The Hall–Kier alpha value is -2.91. The summed E-state index contributed by atoms with van der Waals surface area (Å²) in [6.07, 6.45) is -12.1. The zero-order valence-corrected chi connectivity index (χ0v) is 25.9. The first-order valence-electron chi connectivity index (χ1n) is 15.4. The van der Waals surface area contributed by atoms with Crippen LogP contribution < -0.4 is 4.74 Å². The van der Waals surface area contributed by atoms with Gasteiger partial charge in [0.25, 0.3) is 0 Å². The molecule has 6 rings (SSSR count). The second-order valence-electron chi connectivity index (χ2n) is 12.4. The highest BCUT2D eigenvalue weighted by Crippen LogP contribution is 2.61. The van der Waals surface area contributed by atoms with Crippen molar-refractivity contribution in [3.63, 3.8) is 0 Å². The summed E-state index contributed by atoms with van der Waals surface area (Å²) in [5.41, 5.74) is -0.754. The molecule has 1 aliphatic carbocycles. The number of aromatic hydroxyl groups is 1. The minimum absolute atomic E-state index is 0.0899. The molecule has 3 saturated heterocycles. The Labute approximate surface area is 274 Å². The third-order valence-electron chi connectivity index (χ3n) is 9.54. The summed E-state index contributed by atoms with van der Waals surface area (Å²) < 4.78 is 45.8. The summed E-state index contributed by atoms with van der Waals surface area (Å²) in [6, 6.07) is 4.41. The second-order valence-corrected chi connectivity index (χ2v) is 12.4. The Morgan fingerprint density at radius 2 is 1.71 bits per heavy atom. The number of hydrogen-bond donors (Lipinski definition) is 8. The van der Waals surface area contributed by atoms with E-state index in [4.69, 9.17) is 37.9 Å². The van der Waals surface area contributed by atoms with Crippen molar-refractivity contribution in [1.82, 2.24) is 0 Å². The van der Waals surface area contributed by atoms with Crippen LogP contribution in [0.1, 0.15) is 12.5 Å². The summed E-state index contributed by atoms with van der Waals surface area (Å²) in [4.78, 5) is 12.9. The highest BCUT2D eigenvalue weighted by Gasteiger charge is 2.77. The van der Waals surface area contributed by atoms with Gasteiger partial charge in [0.1, 0.15) is 48.3 Å². The Kier molecular flexibility index (Phi) is 10.0. The largest absolute Gasteiger partial charge is 0.504 e. The van der Waals surface area contributed by atoms with E-state index in [2.05, 4.69) is 0 Å². The van der Waals surface area contributed by atoms with Crippen LogP contribution in [0.2, 0.25) is 0 Å². The van der Waals surface area contributed by atoms with Gasteiger partial charge in [0.05, 0.1) is 44.7 Å². The number of rotatable bonds is 10. The van der Waals surface area contributed by atoms with E-state index in [1.807, 2.05) is 0 Å². The number of esters is 1. The maximum atomic E-state index is 12.9. The van der Waals surface area contributed by atoms with Crippen LogP contribution in [0.4, 0.5) is 0 Å². The summed E-state index contributed by atoms with van der Waals surface area (Å²) in [5, 5.41) is 82.2. The molecule has 4 aliphatic heterocycles. The van der Waals surface area contributed by atoms with Gasteiger partial charge in [-0.25, -0.2) is 4.79 Å². The van der Waals surface area contributed by atoms with Crippen molar-refractivity contribution >= 4 is 12.0 Å². The van der Waals surface area contributed by atoms with Crippen LogP contribution in [-0.4, -0.2) is 153 Å². The Morgan fingerprint density at radius 3 is 2.42 bits per heavy atom. The number of methoxy groups -OCH3 is 1. The lowest BCUT2D eigenvalue weighted by molar-refractivity contribution is -0.347. The maximum Gasteiger partial charge on any atom is 0.331 e. The summed E-state index contributed by atoms with van der Waals surface area (Å²) in [7, 11) is 1.38. The molecule has 16 unspecified atom stereocenters. The van der Waals surface area contributed by atoms with Gasteiger partial charge in [0.2, 0.25) is 6.29 Å². The molecular weight excluding hydrogens is 644 g/mol. The first-order chi connectivity index (χ1) is 22.9. The van der Waals surface area contributed by atoms with Crippen LogP contribution in [0.25, 0.3) is 6.08 Å². The molecule has 0 aromatic heterocycles. The number of benzene rings is 1. The highest BCUT2D eigenvalue weighted by atomic mass is 16.8. The number of epoxide rings is 1. The summed E-state index contributed by atoms with van der Waals surface area (Å²) >= 11 is 0. The van der Waals surface area contributed by atoms with E-state index in [-0.39, 0.29) is 11.5 Å². The molecule has 1 aromatic rings. The van der Waals surface area contributed by atoms with E-state index in [0.717, 1.165) is 6.08 Å². The molecule has 48 heavy (non-hydrogen) atoms. The van der Waals surface area contributed by atoms with Crippen molar-refractivity contribution in [3.05, 3.63) is 42.2 Å². The normalized spacial score (nSPS) is 44.9. The fourth-order valence-electron chi connectivity index (χ4n) is 6.84. The standard InChI is InChI=1S/C31H40O17/c1-12-20(36)23(39)26(45-18(35)6-4-13-3-5-15(34)16(9-13)41-2)30(43-12)46-25-14-7-8-42-28(19(14)31(11-33)27(25)48-31)47-29-24(40)22(38)21(37)17(10-32)44-29/h3-9,12,14,17,19-30,32-34,36-40H,10-11H2,1-2H3. The third kappa shape index (κ3) is 6.19. The van der Waals surface area contributed by atoms with Crippen LogP contribution >= 0.6 is 0 Å². The van der Waals surface area contributed by atoms with Gasteiger partial charge >= 0.3 is 5.97 Å². The molecule has 4 heterocycles. The van der Waals surface area contributed by atoms with Gasteiger partial charge in [-0.2, -0.15) is 0 Å². The van der Waals surface area contributed by atoms with Crippen LogP contribution in [0.5, 0.6) is 11.5 Å². The minimum atomic E-state index is -1.71. The predicted octanol–water partition coefficient (Wildman–Crippen LogP) is -2.76. The van der Waals surface area contributed by atoms with E-state index in [0.29, 0.717) is 5.56 Å². The zero-order valence-electron chi connectivity index (χ0n) is 25.9. The monoisotopic (exact) mass is 684 g/mol. The molecule has 0 bridgehead atoms. The molecule has 0 spiro atoms. The molecule has 5 aliphatic rings. The van der Waals surface area contributed by atoms with Crippen molar-refractivity contribution in [2.45, 2.75) is 92.4 Å². The topological polar surface area (TPSA) is 256 Å². The van der Waals surface area contributed by atoms with Crippen molar-refractivity contribution in [3.8, 4) is 11.5 Å². The van der Waals surface area contributed by atoms with Crippen LogP contribution in [0.3, 0.4) is 0 Å². The molecule has 0 radical (unpaired) electrons. The highest BCUT2D eigenvalue weighted by molar-refractivity contribution is 5.87. The molecule has 266 valence electrons. The third-order valence-corrected chi connectivity index (χ3v) is 9.54. The number of ether oxygens (including phenoxy) is 8. The number of carbonyl (C=O) groups is 1. The lowest BCUT2D eigenvalue weighted by Gasteiger charge is -2.44. The molecule has 16 atom stereocenters. The summed E-state index contributed by atoms with van der Waals surface area (Å²) in [5.74, 6) is -2.18. The first kappa shape index (κ1) is 34.9. The van der Waals surface area contributed by atoms with Gasteiger partial charge in [-0.1, -0.05) is 6.07 Å². The number of phenols is 1. The number of hydrogen-bond acceptors (Lipinski definition) is 17. The number of phenolic OH excluding ortho intramolecular Hbond substituents is 1. The van der Waals surface area contributed by atoms with Gasteiger partial charge in [-0.3, -0.25) is 0 Å². The molecule has 4 fully saturated rings. The quantitative estimate of drug-likeness (QED) is 0.0705. The van der Waals surface area contributed by atoms with Crippen LogP contribution in [0, 0.1) is 11.8 Å². The molecule has 8 N–H and O–H groups in total. The van der Waals surface area contributed by atoms with E-state index < -0.39 is 117 Å². The average Bonchev–Trinajstić information content (AvgIpc) is 3.76. The molecule has 0 amide bonds. The lowest BCUT2D eigenvalue weighted by Crippen LogP contribution is -2.61. The number of aliphatic hydroxyl groups excluding tert-OH is 7. The average molecular weight is 685 g/mol. The minimum Gasteiger partial charge on any atom is -0.504 e. The Morgan fingerprint density at radius 1 is 0.938 bits per heavy atom. The SMILES string of the molecule is COc1cc(C=CC(=O)OC2C(OC3C4C=COC(OC5OC(CO)C(O)C(O)C5O)C4C4(CO)OC34)OC(C)C(O)C2O)ccc1O. The smallest absolute Gasteiger partial charge is 0.331 e. The maximum absolute atomic E-state index is 12.9. The number of carbonyl (C=O) groups excluding carboxylic acids is 1. The fraction of sp³-hybridized carbons (Fsp3) is 0.645. The van der Waals surface area contributed by atoms with E-state index in [9.17, 15) is 45.6 Å². The van der Waals surface area contributed by atoms with Gasteiger partial charge in [-0.15, -0.1) is 0 Å². The van der Waals surface area contributed by atoms with Gasteiger partial charge in [0, 0.05) is 12.0 Å². The zero-order chi connectivity index (χ0) is 34.5. The van der Waals surface area contributed by atoms with Crippen molar-refractivity contribution in [1.29, 1.82) is 0 Å². The van der Waals surface area contributed by atoms with Gasteiger partial charge in [0.15, 0.2) is 30.2 Å². The van der Waals surface area contributed by atoms with Crippen LogP contribution in [-0.2, 0) is 38.0 Å². The van der Waals surface area contributed by atoms with Crippen molar-refractivity contribution in [2.24, 2.45) is 11.8 Å². The predicted molar refractivity (Wildman–Crippen MR) is 155 cm³/mol. The number of aliphatic hydroxyl groups is 7. The fourth-order valence-corrected chi connectivity index (χ4v) is 6.84. The first-order valence-corrected chi connectivity index (χ1v) is 15.4. The molecular formula is C31H40O17. The van der Waals surface area contributed by atoms with Crippen molar-refractivity contribution in [2.75, 3.05) is 20.3 Å². The van der Waals surface area contributed by atoms with Crippen molar-refractivity contribution < 1.29 is 83.5 Å². The lowest BCUT2D eigenvalue weighted by atomic mass is 9.85. The number of fused-ring (bicyclic) bond motifs is 3. The van der Waals surface area contributed by atoms with E-state index in [1.54, 1.807) is 6.08 Å². The van der Waals surface area contributed by atoms with Gasteiger partial charge in [-0.05, 0) is 36.8 Å². The Bertz CT molecular complexity index is 1370. The van der Waals surface area contributed by atoms with E-state index >= 15 is 0 Å². The summed E-state index contributed by atoms with van der Waals surface area (Å²) in [6.45, 7) is 0.332. The van der Waals surface area contributed by atoms with Crippen LogP contribution in [0.15, 0.2) is 36.6 Å². The molecule has 1 aromatic carbocycles. The Balaban J connectivity index is 1.19. The molecule has 17 heteroatoms.